The van der Waals surface area contributed by atoms with Gasteiger partial charge in [0.25, 0.3) is 5.91 Å². The molecule has 0 unspecified atom stereocenters. The molecule has 1 N–H and O–H groups in total. The van der Waals surface area contributed by atoms with E-state index in [4.69, 9.17) is 4.42 Å². The first-order chi connectivity index (χ1) is 13.0. The standard InChI is InChI=1S/C19H18N6O2/c1-11(2)19-23-15(9-27-19)18(26)24-17-5-12-4-14(16-8-20-10-25(16)3)21-6-13(12)7-22-17/h4-11H,1-3H3,(H,22,24,26). The summed E-state index contributed by atoms with van der Waals surface area (Å²) in [6, 6.07) is 3.74. The van der Waals surface area contributed by atoms with E-state index in [9.17, 15) is 4.79 Å². The van der Waals surface area contributed by atoms with Crippen molar-refractivity contribution in [3.8, 4) is 11.4 Å². The normalized spacial score (nSPS) is 11.3. The molecule has 4 rings (SSSR count). The van der Waals surface area contributed by atoms with E-state index in [2.05, 4.69) is 25.3 Å². The second kappa shape index (κ2) is 6.64. The van der Waals surface area contributed by atoms with Gasteiger partial charge in [0.1, 0.15) is 12.1 Å². The predicted octanol–water partition coefficient (Wildman–Crippen LogP) is 3.39. The second-order valence-electron chi connectivity index (χ2n) is 6.56. The van der Waals surface area contributed by atoms with Gasteiger partial charge in [-0.25, -0.2) is 15.0 Å². The Morgan fingerprint density at radius 2 is 1.96 bits per heavy atom. The lowest BCUT2D eigenvalue weighted by molar-refractivity contribution is 0.102. The van der Waals surface area contributed by atoms with Crippen molar-refractivity contribution in [1.29, 1.82) is 0 Å². The number of hydrogen-bond donors (Lipinski definition) is 1. The van der Waals surface area contributed by atoms with Crippen molar-refractivity contribution in [3.05, 3.63) is 54.9 Å². The van der Waals surface area contributed by atoms with Crippen molar-refractivity contribution in [2.45, 2.75) is 19.8 Å². The molecule has 0 spiro atoms. The number of nitrogens with zero attached hydrogens (tertiary/aromatic N) is 5. The fraction of sp³-hybridized carbons (Fsp3) is 0.211. The Labute approximate surface area is 155 Å². The number of hydrogen-bond acceptors (Lipinski definition) is 6. The number of aromatic nitrogens is 5. The lowest BCUT2D eigenvalue weighted by atomic mass is 10.1. The van der Waals surface area contributed by atoms with Crippen LogP contribution in [-0.4, -0.2) is 30.4 Å². The molecule has 0 aliphatic carbocycles. The summed E-state index contributed by atoms with van der Waals surface area (Å²) in [5.74, 6) is 0.712. The largest absolute Gasteiger partial charge is 0.448 e. The summed E-state index contributed by atoms with van der Waals surface area (Å²) in [6.07, 6.45) is 8.27. The van der Waals surface area contributed by atoms with Gasteiger partial charge >= 0.3 is 0 Å². The fourth-order valence-electron chi connectivity index (χ4n) is 2.69. The van der Waals surface area contributed by atoms with Crippen molar-refractivity contribution < 1.29 is 9.21 Å². The molecule has 0 aromatic carbocycles. The minimum atomic E-state index is -0.363. The van der Waals surface area contributed by atoms with Gasteiger partial charge in [-0.05, 0) is 17.5 Å². The predicted molar refractivity (Wildman–Crippen MR) is 100 cm³/mol. The van der Waals surface area contributed by atoms with Gasteiger partial charge in [0.2, 0.25) is 0 Å². The molecule has 0 radical (unpaired) electrons. The van der Waals surface area contributed by atoms with Crippen LogP contribution in [0, 0.1) is 0 Å². The van der Waals surface area contributed by atoms with Crippen LogP contribution in [0.25, 0.3) is 22.2 Å². The highest BCUT2D eigenvalue weighted by atomic mass is 16.3. The van der Waals surface area contributed by atoms with E-state index >= 15 is 0 Å². The van der Waals surface area contributed by atoms with Crippen LogP contribution >= 0.6 is 0 Å². The van der Waals surface area contributed by atoms with Gasteiger partial charge in [-0.2, -0.15) is 0 Å². The summed E-state index contributed by atoms with van der Waals surface area (Å²) in [5.41, 5.74) is 1.93. The molecule has 8 heteroatoms. The highest BCUT2D eigenvalue weighted by Crippen LogP contribution is 2.23. The molecule has 0 fully saturated rings. The highest BCUT2D eigenvalue weighted by molar-refractivity contribution is 6.03. The van der Waals surface area contributed by atoms with Crippen LogP contribution in [0.5, 0.6) is 0 Å². The molecular formula is C19H18N6O2. The number of amides is 1. The molecule has 136 valence electrons. The zero-order valence-electron chi connectivity index (χ0n) is 15.2. The van der Waals surface area contributed by atoms with Gasteiger partial charge in [0, 0.05) is 30.7 Å². The van der Waals surface area contributed by atoms with Crippen LogP contribution < -0.4 is 5.32 Å². The van der Waals surface area contributed by atoms with Gasteiger partial charge in [-0.1, -0.05) is 13.8 Å². The van der Waals surface area contributed by atoms with Crippen molar-refractivity contribution in [1.82, 2.24) is 24.5 Å². The molecule has 0 bridgehead atoms. The van der Waals surface area contributed by atoms with Crippen LogP contribution in [0.4, 0.5) is 5.82 Å². The fourth-order valence-corrected chi connectivity index (χ4v) is 2.69. The van der Waals surface area contributed by atoms with Crippen LogP contribution in [0.2, 0.25) is 0 Å². The topological polar surface area (TPSA) is 98.7 Å². The Morgan fingerprint density at radius 1 is 1.15 bits per heavy atom. The van der Waals surface area contributed by atoms with E-state index in [0.29, 0.717) is 11.7 Å². The summed E-state index contributed by atoms with van der Waals surface area (Å²) in [4.78, 5) is 29.4. The van der Waals surface area contributed by atoms with E-state index in [1.54, 1.807) is 31.0 Å². The van der Waals surface area contributed by atoms with E-state index in [0.717, 1.165) is 22.2 Å². The third-order valence-electron chi connectivity index (χ3n) is 4.17. The van der Waals surface area contributed by atoms with Crippen molar-refractivity contribution in [2.24, 2.45) is 7.05 Å². The van der Waals surface area contributed by atoms with Gasteiger partial charge in [0.05, 0.1) is 23.9 Å². The molecule has 4 aromatic rings. The first-order valence-electron chi connectivity index (χ1n) is 8.50. The summed E-state index contributed by atoms with van der Waals surface area (Å²) >= 11 is 0. The van der Waals surface area contributed by atoms with Gasteiger partial charge in [-0.15, -0.1) is 0 Å². The SMILES string of the molecule is CC(C)c1nc(C(=O)Nc2cc3cc(-c4cncn4C)ncc3cn2)co1. The number of pyridine rings is 2. The molecular weight excluding hydrogens is 344 g/mol. The van der Waals surface area contributed by atoms with Crippen LogP contribution in [0.1, 0.15) is 36.1 Å². The number of fused-ring (bicyclic) bond motifs is 1. The van der Waals surface area contributed by atoms with Crippen molar-refractivity contribution in [3.63, 3.8) is 0 Å². The molecule has 0 saturated carbocycles. The smallest absolute Gasteiger partial charge is 0.278 e. The Bertz CT molecular complexity index is 1130. The van der Waals surface area contributed by atoms with Gasteiger partial charge < -0.3 is 14.3 Å². The minimum absolute atomic E-state index is 0.114. The number of nitrogens with one attached hydrogen (secondary N) is 1. The van der Waals surface area contributed by atoms with Gasteiger partial charge in [0.15, 0.2) is 11.6 Å². The van der Waals surface area contributed by atoms with E-state index in [1.165, 1.54) is 6.26 Å². The van der Waals surface area contributed by atoms with E-state index < -0.39 is 0 Å². The summed E-state index contributed by atoms with van der Waals surface area (Å²) < 4.78 is 7.21. The number of aryl methyl sites for hydroxylation is 1. The number of imidazole rings is 1. The first kappa shape index (κ1) is 16.9. The van der Waals surface area contributed by atoms with Crippen molar-refractivity contribution in [2.75, 3.05) is 5.32 Å². The maximum absolute atomic E-state index is 12.4. The average molecular weight is 362 g/mol. The Balaban J connectivity index is 1.62. The molecule has 4 heterocycles. The van der Waals surface area contributed by atoms with Crippen LogP contribution in [0.3, 0.4) is 0 Å². The second-order valence-corrected chi connectivity index (χ2v) is 6.56. The molecule has 0 saturated heterocycles. The van der Waals surface area contributed by atoms with Crippen molar-refractivity contribution >= 4 is 22.5 Å². The number of anilines is 1. The van der Waals surface area contributed by atoms with E-state index in [-0.39, 0.29) is 17.5 Å². The molecule has 1 amide bonds. The quantitative estimate of drug-likeness (QED) is 0.597. The summed E-state index contributed by atoms with van der Waals surface area (Å²) in [6.45, 7) is 3.90. The monoisotopic (exact) mass is 362 g/mol. The molecule has 0 atom stereocenters. The number of oxazole rings is 1. The first-order valence-corrected chi connectivity index (χ1v) is 8.50. The zero-order valence-corrected chi connectivity index (χ0v) is 15.2. The average Bonchev–Trinajstić information content (AvgIpc) is 3.30. The highest BCUT2D eigenvalue weighted by Gasteiger charge is 2.15. The third-order valence-corrected chi connectivity index (χ3v) is 4.17. The summed E-state index contributed by atoms with van der Waals surface area (Å²) in [5, 5.41) is 4.55. The summed E-state index contributed by atoms with van der Waals surface area (Å²) in [7, 11) is 1.91. The zero-order chi connectivity index (χ0) is 19.0. The number of rotatable bonds is 4. The van der Waals surface area contributed by atoms with Crippen LogP contribution in [-0.2, 0) is 7.05 Å². The molecule has 0 aliphatic rings. The number of carbonyl (C=O) groups excluding carboxylic acids is 1. The Morgan fingerprint density at radius 3 is 2.67 bits per heavy atom. The lowest BCUT2D eigenvalue weighted by Crippen LogP contribution is -2.13. The van der Waals surface area contributed by atoms with E-state index in [1.807, 2.05) is 31.5 Å². The maximum atomic E-state index is 12.4. The van der Waals surface area contributed by atoms with Crippen LogP contribution in [0.15, 0.2) is 47.7 Å². The number of carbonyl (C=O) groups is 1. The molecule has 4 aromatic heterocycles. The maximum Gasteiger partial charge on any atom is 0.278 e. The molecule has 8 nitrogen and oxygen atoms in total. The minimum Gasteiger partial charge on any atom is -0.448 e. The third kappa shape index (κ3) is 3.29. The lowest BCUT2D eigenvalue weighted by Gasteiger charge is -2.06. The Kier molecular flexibility index (Phi) is 4.15. The Hall–Kier alpha value is -3.55. The van der Waals surface area contributed by atoms with Gasteiger partial charge in [-0.3, -0.25) is 9.78 Å². The molecule has 27 heavy (non-hydrogen) atoms. The molecule has 0 aliphatic heterocycles.